The van der Waals surface area contributed by atoms with Crippen LogP contribution in [0, 0.1) is 12.7 Å². The SMILES string of the molecule is CC(=O)NCc1ccc(S(=O)(=O)Nc2ccc(F)cc2C)s1. The monoisotopic (exact) mass is 342 g/mol. The first-order valence-corrected chi connectivity index (χ1v) is 8.70. The molecule has 0 aliphatic heterocycles. The second-order valence-corrected chi connectivity index (χ2v) is 7.77. The van der Waals surface area contributed by atoms with Crippen molar-refractivity contribution in [1.29, 1.82) is 0 Å². The molecule has 0 saturated heterocycles. The van der Waals surface area contributed by atoms with Crippen molar-refractivity contribution in [2.75, 3.05) is 4.72 Å². The summed E-state index contributed by atoms with van der Waals surface area (Å²) in [6, 6.07) is 6.96. The van der Waals surface area contributed by atoms with Crippen LogP contribution in [0.2, 0.25) is 0 Å². The molecule has 1 aromatic carbocycles. The van der Waals surface area contributed by atoms with E-state index in [1.165, 1.54) is 31.2 Å². The van der Waals surface area contributed by atoms with Gasteiger partial charge in [-0.3, -0.25) is 9.52 Å². The van der Waals surface area contributed by atoms with Crippen molar-refractivity contribution in [1.82, 2.24) is 5.32 Å². The molecule has 1 amide bonds. The summed E-state index contributed by atoms with van der Waals surface area (Å²) in [5.41, 5.74) is 0.830. The number of carbonyl (C=O) groups is 1. The molecule has 0 spiro atoms. The molecule has 0 aliphatic rings. The minimum absolute atomic E-state index is 0.136. The molecule has 5 nitrogen and oxygen atoms in total. The molecular formula is C14H15FN2O3S2. The van der Waals surface area contributed by atoms with Gasteiger partial charge < -0.3 is 5.32 Å². The summed E-state index contributed by atoms with van der Waals surface area (Å²) in [4.78, 5) is 11.6. The summed E-state index contributed by atoms with van der Waals surface area (Å²) >= 11 is 1.07. The highest BCUT2D eigenvalue weighted by Gasteiger charge is 2.18. The highest BCUT2D eigenvalue weighted by molar-refractivity contribution is 7.94. The number of nitrogens with one attached hydrogen (secondary N) is 2. The van der Waals surface area contributed by atoms with Gasteiger partial charge in [-0.15, -0.1) is 11.3 Å². The number of anilines is 1. The number of carbonyl (C=O) groups excluding carboxylic acids is 1. The molecular weight excluding hydrogens is 327 g/mol. The van der Waals surface area contributed by atoms with Gasteiger partial charge in [0.1, 0.15) is 10.0 Å². The fourth-order valence-electron chi connectivity index (χ4n) is 1.75. The lowest BCUT2D eigenvalue weighted by molar-refractivity contribution is -0.119. The van der Waals surface area contributed by atoms with Gasteiger partial charge in [-0.05, 0) is 42.8 Å². The van der Waals surface area contributed by atoms with Crippen molar-refractivity contribution in [2.24, 2.45) is 0 Å². The zero-order chi connectivity index (χ0) is 16.3. The van der Waals surface area contributed by atoms with Gasteiger partial charge in [0.2, 0.25) is 5.91 Å². The lowest BCUT2D eigenvalue weighted by Gasteiger charge is -2.09. The maximum Gasteiger partial charge on any atom is 0.271 e. The summed E-state index contributed by atoms with van der Waals surface area (Å²) < 4.78 is 40.2. The number of hydrogen-bond acceptors (Lipinski definition) is 4. The summed E-state index contributed by atoms with van der Waals surface area (Å²) in [7, 11) is -3.73. The Morgan fingerprint density at radius 1 is 1.27 bits per heavy atom. The van der Waals surface area contributed by atoms with Crippen molar-refractivity contribution in [2.45, 2.75) is 24.6 Å². The van der Waals surface area contributed by atoms with E-state index in [0.717, 1.165) is 16.2 Å². The number of aryl methyl sites for hydroxylation is 1. The third-order valence-electron chi connectivity index (χ3n) is 2.85. The first-order chi connectivity index (χ1) is 10.3. The van der Waals surface area contributed by atoms with Crippen LogP contribution in [0.4, 0.5) is 10.1 Å². The Kier molecular flexibility index (Phi) is 4.82. The van der Waals surface area contributed by atoms with Crippen molar-refractivity contribution in [3.63, 3.8) is 0 Å². The summed E-state index contributed by atoms with van der Waals surface area (Å²) in [6.07, 6.45) is 0. The molecule has 0 aliphatic carbocycles. The average Bonchev–Trinajstić information content (AvgIpc) is 2.89. The minimum atomic E-state index is -3.73. The predicted octanol–water partition coefficient (Wildman–Crippen LogP) is 2.63. The largest absolute Gasteiger partial charge is 0.351 e. The Bertz CT molecular complexity index is 800. The van der Waals surface area contributed by atoms with Crippen LogP contribution < -0.4 is 10.0 Å². The molecule has 1 aromatic heterocycles. The molecule has 2 aromatic rings. The van der Waals surface area contributed by atoms with E-state index in [9.17, 15) is 17.6 Å². The van der Waals surface area contributed by atoms with Crippen LogP contribution in [0.25, 0.3) is 0 Å². The van der Waals surface area contributed by atoms with E-state index in [-0.39, 0.29) is 16.7 Å². The molecule has 8 heteroatoms. The number of amides is 1. The van der Waals surface area contributed by atoms with E-state index in [4.69, 9.17) is 0 Å². The molecule has 0 radical (unpaired) electrons. The molecule has 118 valence electrons. The van der Waals surface area contributed by atoms with E-state index in [2.05, 4.69) is 10.0 Å². The lowest BCUT2D eigenvalue weighted by Crippen LogP contribution is -2.18. The minimum Gasteiger partial charge on any atom is -0.351 e. The summed E-state index contributed by atoms with van der Waals surface area (Å²) in [5, 5.41) is 2.61. The molecule has 0 atom stereocenters. The van der Waals surface area contributed by atoms with E-state index >= 15 is 0 Å². The smallest absolute Gasteiger partial charge is 0.271 e. The Hall–Kier alpha value is -1.93. The van der Waals surface area contributed by atoms with Gasteiger partial charge in [0.15, 0.2) is 0 Å². The third-order valence-corrected chi connectivity index (χ3v) is 5.79. The van der Waals surface area contributed by atoms with Crippen LogP contribution in [0.3, 0.4) is 0 Å². The van der Waals surface area contributed by atoms with Crippen LogP contribution in [0.15, 0.2) is 34.5 Å². The van der Waals surface area contributed by atoms with E-state index in [0.29, 0.717) is 11.3 Å². The second-order valence-electron chi connectivity index (χ2n) is 4.70. The zero-order valence-electron chi connectivity index (χ0n) is 12.0. The van der Waals surface area contributed by atoms with E-state index < -0.39 is 15.8 Å². The molecule has 0 bridgehead atoms. The topological polar surface area (TPSA) is 75.3 Å². The van der Waals surface area contributed by atoms with Crippen LogP contribution in [0.5, 0.6) is 0 Å². The van der Waals surface area contributed by atoms with Gasteiger partial charge in [0.05, 0.1) is 12.2 Å². The first kappa shape index (κ1) is 16.4. The quantitative estimate of drug-likeness (QED) is 0.877. The van der Waals surface area contributed by atoms with Crippen LogP contribution in [-0.4, -0.2) is 14.3 Å². The van der Waals surface area contributed by atoms with Gasteiger partial charge in [0.25, 0.3) is 10.0 Å². The third kappa shape index (κ3) is 4.05. The average molecular weight is 342 g/mol. The van der Waals surface area contributed by atoms with Gasteiger partial charge >= 0.3 is 0 Å². The lowest BCUT2D eigenvalue weighted by atomic mass is 10.2. The Morgan fingerprint density at radius 2 is 2.00 bits per heavy atom. The van der Waals surface area contributed by atoms with E-state index in [1.54, 1.807) is 13.0 Å². The number of rotatable bonds is 5. The molecule has 22 heavy (non-hydrogen) atoms. The fraction of sp³-hybridized carbons (Fsp3) is 0.214. The zero-order valence-corrected chi connectivity index (χ0v) is 13.6. The second kappa shape index (κ2) is 6.45. The summed E-state index contributed by atoms with van der Waals surface area (Å²) in [5.74, 6) is -0.605. The van der Waals surface area contributed by atoms with Crippen molar-refractivity contribution in [3.05, 3.63) is 46.6 Å². The number of benzene rings is 1. The molecule has 0 unspecified atom stereocenters. The highest BCUT2D eigenvalue weighted by Crippen LogP contribution is 2.25. The van der Waals surface area contributed by atoms with Crippen molar-refractivity contribution < 1.29 is 17.6 Å². The van der Waals surface area contributed by atoms with Crippen molar-refractivity contribution >= 4 is 33.0 Å². The molecule has 2 rings (SSSR count). The van der Waals surface area contributed by atoms with Crippen LogP contribution in [-0.2, 0) is 21.4 Å². The van der Waals surface area contributed by atoms with Crippen LogP contribution in [0.1, 0.15) is 17.4 Å². The van der Waals surface area contributed by atoms with Crippen molar-refractivity contribution in [3.8, 4) is 0 Å². The van der Waals surface area contributed by atoms with Gasteiger partial charge in [-0.2, -0.15) is 0 Å². The van der Waals surface area contributed by atoms with Gasteiger partial charge in [0, 0.05) is 11.8 Å². The van der Waals surface area contributed by atoms with E-state index in [1.807, 2.05) is 0 Å². The number of thiophene rings is 1. The normalized spacial score (nSPS) is 11.2. The maximum atomic E-state index is 13.0. The predicted molar refractivity (Wildman–Crippen MR) is 83.8 cm³/mol. The fourth-order valence-corrected chi connectivity index (χ4v) is 4.17. The molecule has 0 fully saturated rings. The Labute approximate surface area is 132 Å². The maximum absolute atomic E-state index is 13.0. The van der Waals surface area contributed by atoms with Gasteiger partial charge in [-0.1, -0.05) is 0 Å². The summed E-state index contributed by atoms with van der Waals surface area (Å²) in [6.45, 7) is 3.30. The Morgan fingerprint density at radius 3 is 2.64 bits per heavy atom. The highest BCUT2D eigenvalue weighted by atomic mass is 32.2. The molecule has 0 saturated carbocycles. The van der Waals surface area contributed by atoms with Gasteiger partial charge in [-0.25, -0.2) is 12.8 Å². The first-order valence-electron chi connectivity index (χ1n) is 6.40. The van der Waals surface area contributed by atoms with Crippen LogP contribution >= 0.6 is 11.3 Å². The molecule has 1 heterocycles. The number of halogens is 1. The molecule has 2 N–H and O–H groups in total. The Balaban J connectivity index is 2.18. The standard InChI is InChI=1S/C14H15FN2O3S2/c1-9-7-11(15)3-5-13(9)17-22(19,20)14-6-4-12(21-14)8-16-10(2)18/h3-7,17H,8H2,1-2H3,(H,16,18). The number of hydrogen-bond donors (Lipinski definition) is 2. The number of sulfonamides is 1.